The van der Waals surface area contributed by atoms with E-state index >= 15 is 0 Å². The maximum absolute atomic E-state index is 9.31. The van der Waals surface area contributed by atoms with E-state index in [1.807, 2.05) is 0 Å². The minimum atomic E-state index is -5.32. The van der Waals surface area contributed by atoms with E-state index in [4.69, 9.17) is 30.0 Å². The van der Waals surface area contributed by atoms with Crippen LogP contribution in [0.2, 0.25) is 0 Å². The minimum absolute atomic E-state index is 0. The van der Waals surface area contributed by atoms with Crippen molar-refractivity contribution in [3.8, 4) is 0 Å². The first-order valence-electron chi connectivity index (χ1n) is 2.05. The molecule has 0 amide bonds. The number of hydrogen-bond donors (Lipinski definition) is 2. The summed E-state index contributed by atoms with van der Waals surface area (Å²) < 4.78 is 21.4. The van der Waals surface area contributed by atoms with Gasteiger partial charge in [-0.05, 0) is 4.57 Å². The van der Waals surface area contributed by atoms with Crippen LogP contribution in [0, 0.1) is 9.93 Å². The summed E-state index contributed by atoms with van der Waals surface area (Å²) in [6, 6.07) is 0. The fraction of sp³-hybridized carbons (Fsp3) is 0.500. The molecular weight excluding hydrogens is 278 g/mol. The summed E-state index contributed by atoms with van der Waals surface area (Å²) in [6.07, 6.45) is 0.250. The Hall–Kier alpha value is -0.930. The lowest BCUT2D eigenvalue weighted by molar-refractivity contribution is -0.336. The number of phosphoric acid groups is 1. The molecule has 14 heteroatoms. The van der Waals surface area contributed by atoms with Crippen LogP contribution in [0.3, 0.4) is 0 Å². The molecule has 0 rings (SSSR count). The molecule has 0 aromatic rings. The van der Waals surface area contributed by atoms with Crippen molar-refractivity contribution in [3.63, 3.8) is 0 Å². The highest BCUT2D eigenvalue weighted by Gasteiger charge is 2.02. The fourth-order valence-corrected chi connectivity index (χ4v) is 0.735. The largest absolute Gasteiger partial charge is 0.786 e. The molecule has 16 heavy (non-hydrogen) atoms. The first kappa shape index (κ1) is 29.4. The Balaban J connectivity index is -0.0000000430. The molecule has 0 aromatic carbocycles. The molecule has 0 bridgehead atoms. The standard InChI is InChI=1S/CO2.CH4.H2O6P2.H2O2.O2/c2-1-3;;1-7(2)6-8(3,4)5;2*1-2/h;1H4;(H2,3,4,5);1-2H;/p-2. The normalized spacial score (nSPS) is 7.94. The van der Waals surface area contributed by atoms with Gasteiger partial charge in [-0.15, -0.1) is 4.31 Å². The van der Waals surface area contributed by atoms with Crippen molar-refractivity contribution in [3.05, 3.63) is 9.93 Å². The van der Waals surface area contributed by atoms with Crippen LogP contribution >= 0.6 is 16.1 Å². The van der Waals surface area contributed by atoms with Gasteiger partial charge in [-0.2, -0.15) is 9.59 Å². The van der Waals surface area contributed by atoms with E-state index in [0.29, 0.717) is 0 Å². The summed E-state index contributed by atoms with van der Waals surface area (Å²) in [5.41, 5.74) is 0. The highest BCUT2D eigenvalue weighted by Crippen LogP contribution is 2.35. The molecule has 1 atom stereocenters. The maximum atomic E-state index is 9.31. The Kier molecular flexibility index (Phi) is 43.6. The lowest BCUT2D eigenvalue weighted by Gasteiger charge is -2.20. The summed E-state index contributed by atoms with van der Waals surface area (Å²) in [5, 5.41) is 12.0. The second-order valence-electron chi connectivity index (χ2n) is 0.836. The summed E-state index contributed by atoms with van der Waals surface area (Å²) in [4.78, 5) is 58.1. The molecule has 1 unspecified atom stereocenters. The fourth-order valence-electron chi connectivity index (χ4n) is 0.0816. The summed E-state index contributed by atoms with van der Waals surface area (Å²) in [7, 11) is -8.89. The van der Waals surface area contributed by atoms with E-state index in [1.54, 1.807) is 0 Å². The van der Waals surface area contributed by atoms with Crippen LogP contribution in [-0.2, 0) is 23.0 Å². The predicted molar refractivity (Wildman–Crippen MR) is 40.0 cm³/mol. The summed E-state index contributed by atoms with van der Waals surface area (Å²) in [5.74, 6) is 0. The van der Waals surface area contributed by atoms with Gasteiger partial charge in [-0.3, -0.25) is 10.5 Å². The third kappa shape index (κ3) is 115. The number of rotatable bonds is 2. The van der Waals surface area contributed by atoms with Crippen molar-refractivity contribution in [1.29, 1.82) is 0 Å². The smallest absolute Gasteiger partial charge is 0.492 e. The molecule has 0 aliphatic rings. The lowest BCUT2D eigenvalue weighted by Crippen LogP contribution is -2.14. The molecule has 0 radical (unpaired) electrons. The lowest BCUT2D eigenvalue weighted by atomic mass is 11.8. The molecule has 0 heterocycles. The molecule has 0 saturated heterocycles. The van der Waals surface area contributed by atoms with Gasteiger partial charge in [-0.25, -0.2) is 0 Å². The van der Waals surface area contributed by atoms with E-state index in [2.05, 4.69) is 4.31 Å². The van der Waals surface area contributed by atoms with Crippen LogP contribution in [0.1, 0.15) is 7.43 Å². The van der Waals surface area contributed by atoms with Crippen LogP contribution in [0.4, 0.5) is 0 Å². The van der Waals surface area contributed by atoms with Gasteiger partial charge in [0.05, 0.1) is 0 Å². The average Bonchev–Trinajstić information content (AvgIpc) is 2.08. The second-order valence-corrected chi connectivity index (χ2v) is 2.83. The second kappa shape index (κ2) is 23.7. The molecule has 98 valence electrons. The average molecular weight is 284 g/mol. The quantitative estimate of drug-likeness (QED) is 0.318. The first-order valence-corrected chi connectivity index (χ1v) is 4.61. The molecule has 0 aromatic heterocycles. The van der Waals surface area contributed by atoms with E-state index in [0.717, 1.165) is 0 Å². The molecule has 12 nitrogen and oxygen atoms in total. The van der Waals surface area contributed by atoms with Gasteiger partial charge in [0.25, 0.3) is 0 Å². The Labute approximate surface area is 88.8 Å². The van der Waals surface area contributed by atoms with Crippen LogP contribution in [0.25, 0.3) is 0 Å². The molecule has 2 N–H and O–H groups in total. The van der Waals surface area contributed by atoms with E-state index < -0.39 is 16.1 Å². The SMILES string of the molecule is C.O=C=O.O=O.O=[P+]([O-])OP(=O)([O-])[O-].OO. The van der Waals surface area contributed by atoms with Gasteiger partial charge in [-0.1, -0.05) is 7.43 Å². The van der Waals surface area contributed by atoms with Gasteiger partial charge >= 0.3 is 14.4 Å². The van der Waals surface area contributed by atoms with Gasteiger partial charge in [0.15, 0.2) is 0 Å². The van der Waals surface area contributed by atoms with Gasteiger partial charge in [0.2, 0.25) is 0 Å². The Morgan fingerprint density at radius 1 is 1.19 bits per heavy atom. The van der Waals surface area contributed by atoms with Crippen molar-refractivity contribution in [2.75, 3.05) is 0 Å². The monoisotopic (exact) mass is 284 g/mol. The van der Waals surface area contributed by atoms with Gasteiger partial charge in [0.1, 0.15) is 7.82 Å². The third-order valence-electron chi connectivity index (χ3n) is 0.167. The third-order valence-corrected chi connectivity index (χ3v) is 1.50. The molecule has 0 spiro atoms. The topological polar surface area (TPSA) is 221 Å². The van der Waals surface area contributed by atoms with Crippen molar-refractivity contribution < 1.29 is 48.2 Å². The van der Waals surface area contributed by atoms with Gasteiger partial charge in [0, 0.05) is 9.93 Å². The zero-order valence-corrected chi connectivity index (χ0v) is 8.16. The highest BCUT2D eigenvalue weighted by molar-refractivity contribution is 7.52. The number of carbonyl (C=O) groups excluding carboxylic acids is 2. The minimum Gasteiger partial charge on any atom is -0.786 e. The van der Waals surface area contributed by atoms with Crippen molar-refractivity contribution in [2.24, 2.45) is 0 Å². The Bertz CT molecular complexity index is 211. The van der Waals surface area contributed by atoms with Crippen LogP contribution in [0.15, 0.2) is 0 Å². The molecule has 0 aliphatic carbocycles. The molecule has 0 aliphatic heterocycles. The first-order chi connectivity index (χ1) is 6.83. The van der Waals surface area contributed by atoms with Crippen LogP contribution in [0.5, 0.6) is 0 Å². The molecular formula is C2H6O12P2-2. The Morgan fingerprint density at radius 3 is 1.38 bits per heavy atom. The van der Waals surface area contributed by atoms with Crippen molar-refractivity contribution >= 4 is 22.2 Å². The van der Waals surface area contributed by atoms with E-state index in [-0.39, 0.29) is 13.6 Å². The summed E-state index contributed by atoms with van der Waals surface area (Å²) >= 11 is 0. The van der Waals surface area contributed by atoms with E-state index in [9.17, 15) is 23.8 Å². The predicted octanol–water partition coefficient (Wildman–Crippen LogP) is -2.01. The Morgan fingerprint density at radius 2 is 1.38 bits per heavy atom. The van der Waals surface area contributed by atoms with Crippen molar-refractivity contribution in [1.82, 2.24) is 0 Å². The molecule has 0 saturated carbocycles. The zero-order valence-electron chi connectivity index (χ0n) is 6.37. The molecule has 0 fully saturated rings. The zero-order chi connectivity index (χ0) is 13.5. The van der Waals surface area contributed by atoms with Gasteiger partial charge < -0.3 is 19.2 Å². The van der Waals surface area contributed by atoms with Crippen LogP contribution in [-0.4, -0.2) is 16.7 Å². The highest BCUT2D eigenvalue weighted by atomic mass is 31.2. The van der Waals surface area contributed by atoms with Crippen molar-refractivity contribution in [2.45, 2.75) is 7.43 Å². The van der Waals surface area contributed by atoms with Crippen LogP contribution < -0.4 is 14.7 Å². The van der Waals surface area contributed by atoms with E-state index in [1.165, 1.54) is 0 Å². The number of hydrogen-bond acceptors (Lipinski definition) is 12. The summed E-state index contributed by atoms with van der Waals surface area (Å²) in [6.45, 7) is 0. The maximum Gasteiger partial charge on any atom is 0.492 e.